The highest BCUT2D eigenvalue weighted by Crippen LogP contribution is 2.23. The second kappa shape index (κ2) is 4.25. The van der Waals surface area contributed by atoms with E-state index in [0.717, 1.165) is 26.0 Å². The zero-order chi connectivity index (χ0) is 11.7. The van der Waals surface area contributed by atoms with Crippen molar-refractivity contribution in [2.75, 3.05) is 24.2 Å². The lowest BCUT2D eigenvalue weighted by atomic mass is 10.2. The summed E-state index contributed by atoms with van der Waals surface area (Å²) in [4.78, 5) is 4.31. The van der Waals surface area contributed by atoms with Gasteiger partial charge in [0.25, 0.3) is 6.01 Å². The zero-order valence-electron chi connectivity index (χ0n) is 9.48. The molecule has 1 atom stereocenters. The number of nitrogens with one attached hydrogen (secondary N) is 1. The number of benzene rings is 1. The number of nitrogen functional groups attached to an aromatic ring is 1. The number of oxazole rings is 1. The Morgan fingerprint density at radius 1 is 1.47 bits per heavy atom. The van der Waals surface area contributed by atoms with E-state index in [2.05, 4.69) is 10.3 Å². The summed E-state index contributed by atoms with van der Waals surface area (Å²) >= 11 is 0. The molecule has 1 aromatic heterocycles. The predicted molar refractivity (Wildman–Crippen MR) is 65.9 cm³/mol. The molecule has 1 saturated heterocycles. The Morgan fingerprint density at radius 3 is 3.18 bits per heavy atom. The number of hydrogen-bond acceptors (Lipinski definition) is 5. The third kappa shape index (κ3) is 2.06. The second-order valence-corrected chi connectivity index (χ2v) is 4.23. The normalized spacial score (nSPS) is 19.9. The number of nitrogens with two attached hydrogens (primary N) is 1. The maximum atomic E-state index is 5.81. The maximum absolute atomic E-state index is 5.81. The van der Waals surface area contributed by atoms with E-state index in [1.54, 1.807) is 0 Å². The summed E-state index contributed by atoms with van der Waals surface area (Å²) in [5.74, 6) is 0. The van der Waals surface area contributed by atoms with E-state index in [4.69, 9.17) is 14.9 Å². The van der Waals surface area contributed by atoms with Crippen LogP contribution in [-0.4, -0.2) is 24.2 Å². The van der Waals surface area contributed by atoms with E-state index in [0.29, 0.717) is 22.8 Å². The molecule has 2 aromatic rings. The van der Waals surface area contributed by atoms with Gasteiger partial charge in [-0.1, -0.05) is 6.07 Å². The highest BCUT2D eigenvalue weighted by Gasteiger charge is 2.16. The third-order valence-corrected chi connectivity index (χ3v) is 2.96. The molecule has 0 spiro atoms. The van der Waals surface area contributed by atoms with Gasteiger partial charge in [-0.3, -0.25) is 0 Å². The Kier molecular flexibility index (Phi) is 2.60. The number of para-hydroxylation sites is 1. The SMILES string of the molecule is Nc1cccc2oc(NCC3CCCO3)nc12. The molecule has 1 aromatic carbocycles. The summed E-state index contributed by atoms with van der Waals surface area (Å²) < 4.78 is 11.1. The van der Waals surface area contributed by atoms with Crippen LogP contribution in [0, 0.1) is 0 Å². The lowest BCUT2D eigenvalue weighted by Crippen LogP contribution is -2.18. The Morgan fingerprint density at radius 2 is 2.41 bits per heavy atom. The molecule has 17 heavy (non-hydrogen) atoms. The molecule has 2 heterocycles. The molecular weight excluding hydrogens is 218 g/mol. The Hall–Kier alpha value is -1.75. The lowest BCUT2D eigenvalue weighted by molar-refractivity contribution is 0.120. The average molecular weight is 233 g/mol. The van der Waals surface area contributed by atoms with E-state index >= 15 is 0 Å². The van der Waals surface area contributed by atoms with E-state index in [-0.39, 0.29) is 6.10 Å². The molecule has 1 unspecified atom stereocenters. The van der Waals surface area contributed by atoms with Crippen LogP contribution in [0.25, 0.3) is 11.1 Å². The van der Waals surface area contributed by atoms with Gasteiger partial charge in [0.2, 0.25) is 0 Å². The fourth-order valence-electron chi connectivity index (χ4n) is 2.05. The first-order valence-electron chi connectivity index (χ1n) is 5.83. The molecule has 5 heteroatoms. The van der Waals surface area contributed by atoms with Gasteiger partial charge in [0.05, 0.1) is 11.8 Å². The molecule has 1 aliphatic heterocycles. The molecule has 90 valence electrons. The summed E-state index contributed by atoms with van der Waals surface area (Å²) in [6.45, 7) is 1.58. The molecule has 0 saturated carbocycles. The molecular formula is C12H15N3O2. The van der Waals surface area contributed by atoms with Gasteiger partial charge in [0, 0.05) is 13.2 Å². The molecule has 1 aliphatic rings. The second-order valence-electron chi connectivity index (χ2n) is 4.23. The monoisotopic (exact) mass is 233 g/mol. The van der Waals surface area contributed by atoms with Gasteiger partial charge in [0.1, 0.15) is 5.52 Å². The minimum atomic E-state index is 0.266. The number of hydrogen-bond donors (Lipinski definition) is 2. The van der Waals surface area contributed by atoms with Crippen molar-refractivity contribution < 1.29 is 9.15 Å². The highest BCUT2D eigenvalue weighted by atomic mass is 16.5. The smallest absolute Gasteiger partial charge is 0.295 e. The molecule has 3 rings (SSSR count). The van der Waals surface area contributed by atoms with Gasteiger partial charge in [-0.25, -0.2) is 0 Å². The Labute approximate surface area is 98.9 Å². The fourth-order valence-corrected chi connectivity index (χ4v) is 2.05. The summed E-state index contributed by atoms with van der Waals surface area (Å²) in [6, 6.07) is 6.03. The van der Waals surface area contributed by atoms with E-state index in [1.807, 2.05) is 18.2 Å². The van der Waals surface area contributed by atoms with Crippen LogP contribution in [0.15, 0.2) is 22.6 Å². The molecule has 0 radical (unpaired) electrons. The van der Waals surface area contributed by atoms with E-state index < -0.39 is 0 Å². The highest BCUT2D eigenvalue weighted by molar-refractivity contribution is 5.86. The van der Waals surface area contributed by atoms with Crippen LogP contribution in [0.1, 0.15) is 12.8 Å². The van der Waals surface area contributed by atoms with Crippen LogP contribution in [-0.2, 0) is 4.74 Å². The van der Waals surface area contributed by atoms with E-state index in [9.17, 15) is 0 Å². The number of rotatable bonds is 3. The Balaban J connectivity index is 1.74. The number of aromatic nitrogens is 1. The molecule has 0 bridgehead atoms. The number of nitrogens with zero attached hydrogens (tertiary/aromatic N) is 1. The van der Waals surface area contributed by atoms with Crippen molar-refractivity contribution in [2.24, 2.45) is 0 Å². The van der Waals surface area contributed by atoms with Crippen LogP contribution in [0.4, 0.5) is 11.7 Å². The van der Waals surface area contributed by atoms with Crippen molar-refractivity contribution in [1.82, 2.24) is 4.98 Å². The van der Waals surface area contributed by atoms with Crippen molar-refractivity contribution in [1.29, 1.82) is 0 Å². The number of fused-ring (bicyclic) bond motifs is 1. The first kappa shape index (κ1) is 10.4. The first-order valence-corrected chi connectivity index (χ1v) is 5.83. The summed E-state index contributed by atoms with van der Waals surface area (Å²) in [5.41, 5.74) is 7.87. The number of anilines is 2. The minimum absolute atomic E-state index is 0.266. The van der Waals surface area contributed by atoms with Gasteiger partial charge < -0.3 is 20.2 Å². The molecule has 0 aliphatic carbocycles. The van der Waals surface area contributed by atoms with Gasteiger partial charge >= 0.3 is 0 Å². The average Bonchev–Trinajstić information content (AvgIpc) is 2.95. The van der Waals surface area contributed by atoms with Crippen LogP contribution >= 0.6 is 0 Å². The molecule has 1 fully saturated rings. The van der Waals surface area contributed by atoms with Crippen LogP contribution in [0.2, 0.25) is 0 Å². The van der Waals surface area contributed by atoms with Crippen LogP contribution < -0.4 is 11.1 Å². The van der Waals surface area contributed by atoms with Gasteiger partial charge in [0.15, 0.2) is 5.58 Å². The van der Waals surface area contributed by atoms with Gasteiger partial charge in [-0.2, -0.15) is 4.98 Å². The zero-order valence-corrected chi connectivity index (χ0v) is 9.48. The predicted octanol–water partition coefficient (Wildman–Crippen LogP) is 2.00. The lowest BCUT2D eigenvalue weighted by Gasteiger charge is -2.08. The van der Waals surface area contributed by atoms with Crippen molar-refractivity contribution >= 4 is 22.8 Å². The van der Waals surface area contributed by atoms with Crippen LogP contribution in [0.5, 0.6) is 0 Å². The largest absolute Gasteiger partial charge is 0.423 e. The van der Waals surface area contributed by atoms with Crippen molar-refractivity contribution in [3.8, 4) is 0 Å². The van der Waals surface area contributed by atoms with Gasteiger partial charge in [-0.05, 0) is 25.0 Å². The first-order chi connectivity index (χ1) is 8.33. The topological polar surface area (TPSA) is 73.3 Å². The van der Waals surface area contributed by atoms with Crippen molar-refractivity contribution in [2.45, 2.75) is 18.9 Å². The summed E-state index contributed by atoms with van der Waals surface area (Å²) in [5, 5.41) is 3.14. The fraction of sp³-hybridized carbons (Fsp3) is 0.417. The minimum Gasteiger partial charge on any atom is -0.423 e. The standard InChI is InChI=1S/C12H15N3O2/c13-9-4-1-5-10-11(9)15-12(17-10)14-7-8-3-2-6-16-8/h1,4-5,8H,2-3,6-7,13H2,(H,14,15). The van der Waals surface area contributed by atoms with Crippen molar-refractivity contribution in [3.05, 3.63) is 18.2 Å². The van der Waals surface area contributed by atoms with Crippen LogP contribution in [0.3, 0.4) is 0 Å². The summed E-state index contributed by atoms with van der Waals surface area (Å²) in [7, 11) is 0. The Bertz CT molecular complexity index is 517. The third-order valence-electron chi connectivity index (χ3n) is 2.96. The maximum Gasteiger partial charge on any atom is 0.295 e. The quantitative estimate of drug-likeness (QED) is 0.793. The molecule has 3 N–H and O–H groups in total. The summed E-state index contributed by atoms with van der Waals surface area (Å²) in [6.07, 6.45) is 2.49. The molecule has 0 amide bonds. The van der Waals surface area contributed by atoms with Crippen molar-refractivity contribution in [3.63, 3.8) is 0 Å². The molecule has 5 nitrogen and oxygen atoms in total. The van der Waals surface area contributed by atoms with E-state index in [1.165, 1.54) is 0 Å². The van der Waals surface area contributed by atoms with Gasteiger partial charge in [-0.15, -0.1) is 0 Å². The number of ether oxygens (including phenoxy) is 1.